The molecule has 0 aromatic heterocycles. The van der Waals surface area contributed by atoms with E-state index < -0.39 is 10.0 Å². The van der Waals surface area contributed by atoms with E-state index in [1.54, 1.807) is 19.1 Å². The molecule has 25 heavy (non-hydrogen) atoms. The largest absolute Gasteiger partial charge is 0.393 e. The first-order valence-corrected chi connectivity index (χ1v) is 9.89. The van der Waals surface area contributed by atoms with Crippen molar-refractivity contribution in [3.8, 4) is 11.1 Å². The minimum Gasteiger partial charge on any atom is -0.393 e. The lowest BCUT2D eigenvalue weighted by Gasteiger charge is -2.14. The van der Waals surface area contributed by atoms with E-state index in [0.717, 1.165) is 18.4 Å². The van der Waals surface area contributed by atoms with Gasteiger partial charge >= 0.3 is 0 Å². The average molecular weight is 365 g/mol. The van der Waals surface area contributed by atoms with Gasteiger partial charge < -0.3 is 5.11 Å². The Kier molecular flexibility index (Phi) is 6.70. The molecule has 1 fully saturated rings. The highest BCUT2D eigenvalue weighted by Gasteiger charge is 2.09. The Hall–Kier alpha value is -1.76. The minimum atomic E-state index is -3.71. The Bertz CT molecular complexity index is 798. The molecule has 0 saturated heterocycles. The second kappa shape index (κ2) is 8.56. The van der Waals surface area contributed by atoms with Crippen LogP contribution in [0.1, 0.15) is 37.7 Å². The summed E-state index contributed by atoms with van der Waals surface area (Å²) < 4.78 is 35.9. The third-order valence-corrected chi connectivity index (χ3v) is 5.12. The van der Waals surface area contributed by atoms with Gasteiger partial charge in [-0.3, -0.25) is 0 Å². The van der Waals surface area contributed by atoms with Crippen molar-refractivity contribution >= 4 is 10.0 Å². The van der Waals surface area contributed by atoms with Crippen LogP contribution in [0.25, 0.3) is 11.1 Å². The highest BCUT2D eigenvalue weighted by atomic mass is 32.2. The van der Waals surface area contributed by atoms with Crippen molar-refractivity contribution in [2.24, 2.45) is 5.14 Å². The number of aryl methyl sites for hydroxylation is 1. The zero-order valence-electron chi connectivity index (χ0n) is 14.3. The molecule has 4 nitrogen and oxygen atoms in total. The Labute approximate surface area is 148 Å². The quantitative estimate of drug-likeness (QED) is 0.850. The Morgan fingerprint density at radius 3 is 2.08 bits per heavy atom. The average Bonchev–Trinajstić information content (AvgIpc) is 2.55. The smallest absolute Gasteiger partial charge is 0.238 e. The monoisotopic (exact) mass is 365 g/mol. The van der Waals surface area contributed by atoms with Gasteiger partial charge in [0.1, 0.15) is 5.82 Å². The number of benzene rings is 2. The summed E-state index contributed by atoms with van der Waals surface area (Å²) in [6.07, 6.45) is 5.92. The van der Waals surface area contributed by atoms with Gasteiger partial charge in [0.05, 0.1) is 11.0 Å². The van der Waals surface area contributed by atoms with Crippen molar-refractivity contribution in [2.75, 3.05) is 0 Å². The molecule has 0 unspecified atom stereocenters. The summed E-state index contributed by atoms with van der Waals surface area (Å²) in [5, 5.41) is 13.9. The number of aliphatic hydroxyl groups is 1. The van der Waals surface area contributed by atoms with E-state index in [1.807, 2.05) is 0 Å². The van der Waals surface area contributed by atoms with Crippen molar-refractivity contribution in [3.05, 3.63) is 53.8 Å². The van der Waals surface area contributed by atoms with Crippen LogP contribution in [0.3, 0.4) is 0 Å². The summed E-state index contributed by atoms with van der Waals surface area (Å²) in [5.41, 5.74) is 1.87. The van der Waals surface area contributed by atoms with E-state index in [2.05, 4.69) is 0 Å². The third-order valence-electron chi connectivity index (χ3n) is 4.19. The van der Waals surface area contributed by atoms with Crippen LogP contribution < -0.4 is 5.14 Å². The fraction of sp³-hybridized carbons (Fsp3) is 0.368. The fourth-order valence-electron chi connectivity index (χ4n) is 2.76. The van der Waals surface area contributed by atoms with Crippen LogP contribution in [0.4, 0.5) is 4.39 Å². The molecule has 3 N–H and O–H groups in total. The second-order valence-corrected chi connectivity index (χ2v) is 7.91. The van der Waals surface area contributed by atoms with Crippen LogP contribution in [0.15, 0.2) is 47.4 Å². The highest BCUT2D eigenvalue weighted by molar-refractivity contribution is 7.89. The van der Waals surface area contributed by atoms with E-state index in [4.69, 9.17) is 10.2 Å². The van der Waals surface area contributed by atoms with E-state index in [-0.39, 0.29) is 16.8 Å². The molecule has 0 bridgehead atoms. The molecule has 2 aromatic rings. The summed E-state index contributed by atoms with van der Waals surface area (Å²) >= 11 is 0. The fourth-order valence-corrected chi connectivity index (χ4v) is 3.27. The molecule has 0 amide bonds. The summed E-state index contributed by atoms with van der Waals surface area (Å²) in [6, 6.07) is 10.7. The van der Waals surface area contributed by atoms with Gasteiger partial charge in [0.25, 0.3) is 0 Å². The van der Waals surface area contributed by atoms with Gasteiger partial charge in [-0.25, -0.2) is 17.9 Å². The zero-order chi connectivity index (χ0) is 18.4. The highest BCUT2D eigenvalue weighted by Crippen LogP contribution is 2.24. The predicted octanol–water partition coefficient (Wildman–Crippen LogP) is 3.76. The van der Waals surface area contributed by atoms with E-state index in [9.17, 15) is 12.8 Å². The van der Waals surface area contributed by atoms with Crippen molar-refractivity contribution in [3.63, 3.8) is 0 Å². The Morgan fingerprint density at radius 1 is 1.04 bits per heavy atom. The molecule has 0 radical (unpaired) electrons. The van der Waals surface area contributed by atoms with Gasteiger partial charge in [0.2, 0.25) is 10.0 Å². The molecular weight excluding hydrogens is 341 g/mol. The van der Waals surface area contributed by atoms with Crippen molar-refractivity contribution in [2.45, 2.75) is 50.0 Å². The number of sulfonamides is 1. The molecule has 3 rings (SSSR count). The van der Waals surface area contributed by atoms with E-state index in [1.165, 1.54) is 49.6 Å². The summed E-state index contributed by atoms with van der Waals surface area (Å²) in [7, 11) is -3.71. The van der Waals surface area contributed by atoms with E-state index >= 15 is 0 Å². The first kappa shape index (κ1) is 19.6. The molecule has 136 valence electrons. The van der Waals surface area contributed by atoms with Crippen LogP contribution in [0.5, 0.6) is 0 Å². The number of primary sulfonamides is 1. The van der Waals surface area contributed by atoms with Crippen LogP contribution >= 0.6 is 0 Å². The Balaban J connectivity index is 0.000000269. The van der Waals surface area contributed by atoms with E-state index in [0.29, 0.717) is 11.1 Å². The Morgan fingerprint density at radius 2 is 1.64 bits per heavy atom. The first-order chi connectivity index (χ1) is 11.8. The lowest BCUT2D eigenvalue weighted by atomic mass is 9.98. The van der Waals surface area contributed by atoms with Crippen LogP contribution in [-0.2, 0) is 10.0 Å². The topological polar surface area (TPSA) is 80.4 Å². The van der Waals surface area contributed by atoms with Crippen LogP contribution in [-0.4, -0.2) is 19.6 Å². The molecule has 0 atom stereocenters. The van der Waals surface area contributed by atoms with Gasteiger partial charge in [0, 0.05) is 5.56 Å². The zero-order valence-corrected chi connectivity index (χ0v) is 15.1. The molecule has 1 aliphatic carbocycles. The predicted molar refractivity (Wildman–Crippen MR) is 97.0 cm³/mol. The standard InChI is InChI=1S/C13H12FNO2S.C6H12O/c1-9-2-7-12(13(14)8-9)10-3-5-11(6-4-10)18(15,16)17;7-6-4-2-1-3-5-6/h2-8H,1H3,(H2,15,16,17);6-7H,1-5H2. The minimum absolute atomic E-state index is 0.0127. The molecule has 2 aromatic carbocycles. The number of hydrogen-bond acceptors (Lipinski definition) is 3. The SMILES string of the molecule is Cc1ccc(-c2ccc(S(N)(=O)=O)cc2)c(F)c1.OC1CCCCC1. The number of halogens is 1. The van der Waals surface area contributed by atoms with Gasteiger partial charge in [-0.15, -0.1) is 0 Å². The molecule has 0 heterocycles. The third kappa shape index (κ3) is 5.92. The normalized spacial score (nSPS) is 15.4. The molecular formula is C19H24FNO3S. The van der Waals surface area contributed by atoms with Gasteiger partial charge in [-0.1, -0.05) is 43.5 Å². The van der Waals surface area contributed by atoms with Crippen molar-refractivity contribution in [1.82, 2.24) is 0 Å². The molecule has 1 aliphatic rings. The van der Waals surface area contributed by atoms with Crippen LogP contribution in [0.2, 0.25) is 0 Å². The molecule has 0 spiro atoms. The maximum absolute atomic E-state index is 13.7. The molecule has 6 heteroatoms. The first-order valence-electron chi connectivity index (χ1n) is 8.35. The number of aliphatic hydroxyl groups excluding tert-OH is 1. The van der Waals surface area contributed by atoms with Crippen molar-refractivity contribution < 1.29 is 17.9 Å². The summed E-state index contributed by atoms with van der Waals surface area (Å²) in [4.78, 5) is 0.0127. The lowest BCUT2D eigenvalue weighted by molar-refractivity contribution is 0.130. The van der Waals surface area contributed by atoms with Gasteiger partial charge in [-0.05, 0) is 49.1 Å². The summed E-state index contributed by atoms with van der Waals surface area (Å²) in [6.45, 7) is 1.80. The maximum Gasteiger partial charge on any atom is 0.238 e. The molecule has 1 saturated carbocycles. The van der Waals surface area contributed by atoms with Gasteiger partial charge in [0.15, 0.2) is 0 Å². The number of rotatable bonds is 2. The second-order valence-electron chi connectivity index (χ2n) is 6.34. The van der Waals surface area contributed by atoms with Crippen molar-refractivity contribution in [1.29, 1.82) is 0 Å². The number of nitrogens with two attached hydrogens (primary N) is 1. The summed E-state index contributed by atoms with van der Waals surface area (Å²) in [5.74, 6) is -0.335. The number of hydrogen-bond donors (Lipinski definition) is 2. The maximum atomic E-state index is 13.7. The molecule has 0 aliphatic heterocycles. The van der Waals surface area contributed by atoms with Crippen LogP contribution in [0, 0.1) is 12.7 Å². The lowest BCUT2D eigenvalue weighted by Crippen LogP contribution is -2.11. The van der Waals surface area contributed by atoms with Gasteiger partial charge in [-0.2, -0.15) is 0 Å².